The summed E-state index contributed by atoms with van der Waals surface area (Å²) in [4.78, 5) is 4.27. The summed E-state index contributed by atoms with van der Waals surface area (Å²) in [5, 5.41) is 6.62. The second-order valence-corrected chi connectivity index (χ2v) is 6.86. The van der Waals surface area contributed by atoms with Crippen LogP contribution in [0.15, 0.2) is 47.5 Å². The number of hydrogen-bond acceptors (Lipinski definition) is 3. The third-order valence-electron chi connectivity index (χ3n) is 4.45. The molecule has 2 N–H and O–H groups in total. The van der Waals surface area contributed by atoms with Gasteiger partial charge < -0.3 is 20.1 Å². The Morgan fingerprint density at radius 1 is 1.00 bits per heavy atom. The third kappa shape index (κ3) is 6.54. The van der Waals surface area contributed by atoms with E-state index in [9.17, 15) is 4.39 Å². The lowest BCUT2D eigenvalue weighted by Gasteiger charge is -2.27. The van der Waals surface area contributed by atoms with E-state index in [0.717, 1.165) is 11.1 Å². The van der Waals surface area contributed by atoms with E-state index in [1.807, 2.05) is 30.3 Å². The van der Waals surface area contributed by atoms with Crippen LogP contribution >= 0.6 is 24.0 Å². The first-order chi connectivity index (χ1) is 12.9. The molecular weight excluding hydrogens is 472 g/mol. The Hall–Kier alpha value is -2.03. The molecule has 0 radical (unpaired) electrons. The molecule has 0 amide bonds. The SMILES string of the molecule is CN=C(NCc1ccc(OC)c(OC)c1)NCC(C)(C)c1ccc(F)cc1.I. The zero-order chi connectivity index (χ0) is 19.9. The highest BCUT2D eigenvalue weighted by Crippen LogP contribution is 2.27. The molecule has 2 aromatic rings. The van der Waals surface area contributed by atoms with Crippen molar-refractivity contribution in [3.8, 4) is 11.5 Å². The molecule has 0 heterocycles. The summed E-state index contributed by atoms with van der Waals surface area (Å²) in [6, 6.07) is 12.4. The topological polar surface area (TPSA) is 54.9 Å². The van der Waals surface area contributed by atoms with E-state index < -0.39 is 0 Å². The van der Waals surface area contributed by atoms with Gasteiger partial charge in [0.1, 0.15) is 5.82 Å². The number of ether oxygens (including phenoxy) is 2. The van der Waals surface area contributed by atoms with E-state index in [2.05, 4.69) is 29.5 Å². The summed E-state index contributed by atoms with van der Waals surface area (Å²) >= 11 is 0. The number of guanidine groups is 1. The maximum absolute atomic E-state index is 13.1. The first-order valence-corrected chi connectivity index (χ1v) is 8.81. The number of aliphatic imine (C=N–C) groups is 1. The van der Waals surface area contributed by atoms with Crippen molar-refractivity contribution in [1.82, 2.24) is 10.6 Å². The molecule has 0 aliphatic heterocycles. The van der Waals surface area contributed by atoms with Gasteiger partial charge in [-0.15, -0.1) is 24.0 Å². The number of rotatable bonds is 7. The smallest absolute Gasteiger partial charge is 0.191 e. The summed E-state index contributed by atoms with van der Waals surface area (Å²) in [5.74, 6) is 1.86. The fraction of sp³-hybridized carbons (Fsp3) is 0.381. The lowest BCUT2D eigenvalue weighted by molar-refractivity contribution is 0.354. The van der Waals surface area contributed by atoms with Crippen LogP contribution in [0.4, 0.5) is 4.39 Å². The van der Waals surface area contributed by atoms with Crippen molar-refractivity contribution in [2.24, 2.45) is 4.99 Å². The standard InChI is InChI=1S/C21H28FN3O2.HI/c1-21(2,16-7-9-17(22)10-8-16)14-25-20(23-3)24-13-15-6-11-18(26-4)19(12-15)27-5;/h6-12H,13-14H2,1-5H3,(H2,23,24,25);1H. The predicted octanol–water partition coefficient (Wildman–Crippen LogP) is 4.10. The minimum atomic E-state index is -0.227. The van der Waals surface area contributed by atoms with Crippen molar-refractivity contribution in [2.45, 2.75) is 25.8 Å². The van der Waals surface area contributed by atoms with Gasteiger partial charge in [-0.05, 0) is 35.4 Å². The highest BCUT2D eigenvalue weighted by atomic mass is 127. The summed E-state index contributed by atoms with van der Waals surface area (Å²) in [5.41, 5.74) is 1.94. The van der Waals surface area contributed by atoms with E-state index in [0.29, 0.717) is 30.5 Å². The molecule has 0 saturated carbocycles. The summed E-state index contributed by atoms with van der Waals surface area (Å²) in [6.07, 6.45) is 0. The molecule has 0 aliphatic rings. The predicted molar refractivity (Wildman–Crippen MR) is 123 cm³/mol. The van der Waals surface area contributed by atoms with Gasteiger partial charge in [0.05, 0.1) is 14.2 Å². The number of nitrogens with zero attached hydrogens (tertiary/aromatic N) is 1. The van der Waals surface area contributed by atoms with Crippen molar-refractivity contribution >= 4 is 29.9 Å². The minimum Gasteiger partial charge on any atom is -0.493 e. The van der Waals surface area contributed by atoms with Gasteiger partial charge in [-0.3, -0.25) is 4.99 Å². The van der Waals surface area contributed by atoms with Crippen molar-refractivity contribution in [3.63, 3.8) is 0 Å². The molecule has 0 spiro atoms. The molecule has 0 atom stereocenters. The van der Waals surface area contributed by atoms with Crippen LogP contribution < -0.4 is 20.1 Å². The first-order valence-electron chi connectivity index (χ1n) is 8.81. The molecule has 0 aliphatic carbocycles. The maximum Gasteiger partial charge on any atom is 0.191 e. The largest absolute Gasteiger partial charge is 0.493 e. The monoisotopic (exact) mass is 501 g/mol. The van der Waals surface area contributed by atoms with Crippen molar-refractivity contribution < 1.29 is 13.9 Å². The number of hydrogen-bond donors (Lipinski definition) is 2. The van der Waals surface area contributed by atoms with Gasteiger partial charge in [-0.2, -0.15) is 0 Å². The average Bonchev–Trinajstić information content (AvgIpc) is 2.68. The first kappa shape index (κ1) is 24.0. The van der Waals surface area contributed by atoms with E-state index in [-0.39, 0.29) is 35.2 Å². The average molecular weight is 501 g/mol. The Labute approximate surface area is 183 Å². The number of nitrogens with one attached hydrogen (secondary N) is 2. The van der Waals surface area contributed by atoms with Gasteiger partial charge in [0.2, 0.25) is 0 Å². The summed E-state index contributed by atoms with van der Waals surface area (Å²) < 4.78 is 23.7. The van der Waals surface area contributed by atoms with Gasteiger partial charge in [0.15, 0.2) is 17.5 Å². The van der Waals surface area contributed by atoms with E-state index >= 15 is 0 Å². The molecule has 2 aromatic carbocycles. The molecular formula is C21H29FIN3O2. The second kappa shape index (κ2) is 11.1. The van der Waals surface area contributed by atoms with E-state index in [1.54, 1.807) is 21.3 Å². The van der Waals surface area contributed by atoms with E-state index in [1.165, 1.54) is 12.1 Å². The zero-order valence-electron chi connectivity index (χ0n) is 17.0. The van der Waals surface area contributed by atoms with Gasteiger partial charge >= 0.3 is 0 Å². The molecule has 28 heavy (non-hydrogen) atoms. The number of benzene rings is 2. The van der Waals surface area contributed by atoms with Crippen LogP contribution in [0, 0.1) is 5.82 Å². The van der Waals surface area contributed by atoms with Crippen LogP contribution in [0.25, 0.3) is 0 Å². The molecule has 7 heteroatoms. The van der Waals surface area contributed by atoms with Crippen LogP contribution in [-0.2, 0) is 12.0 Å². The second-order valence-electron chi connectivity index (χ2n) is 6.86. The molecule has 0 aromatic heterocycles. The minimum absolute atomic E-state index is 0. The highest BCUT2D eigenvalue weighted by Gasteiger charge is 2.21. The molecule has 0 bridgehead atoms. The fourth-order valence-electron chi connectivity index (χ4n) is 2.70. The molecule has 2 rings (SSSR count). The molecule has 154 valence electrons. The van der Waals surface area contributed by atoms with Crippen LogP contribution in [0.2, 0.25) is 0 Å². The van der Waals surface area contributed by atoms with Crippen LogP contribution in [0.5, 0.6) is 11.5 Å². The summed E-state index contributed by atoms with van der Waals surface area (Å²) in [6.45, 7) is 5.46. The number of methoxy groups -OCH3 is 2. The Bertz CT molecular complexity index is 780. The lowest BCUT2D eigenvalue weighted by Crippen LogP contribution is -2.43. The van der Waals surface area contributed by atoms with Crippen LogP contribution in [-0.4, -0.2) is 33.8 Å². The Kier molecular flexibility index (Phi) is 9.51. The molecule has 0 saturated heterocycles. The Balaban J connectivity index is 0.00000392. The van der Waals surface area contributed by atoms with Crippen LogP contribution in [0.3, 0.4) is 0 Å². The normalized spacial score (nSPS) is 11.4. The fourth-order valence-corrected chi connectivity index (χ4v) is 2.70. The number of halogens is 2. The van der Waals surface area contributed by atoms with Gasteiger partial charge in [-0.1, -0.05) is 32.0 Å². The summed E-state index contributed by atoms with van der Waals surface area (Å²) in [7, 11) is 4.96. The third-order valence-corrected chi connectivity index (χ3v) is 4.45. The Morgan fingerprint density at radius 2 is 1.64 bits per heavy atom. The lowest BCUT2D eigenvalue weighted by atomic mass is 9.84. The molecule has 5 nitrogen and oxygen atoms in total. The zero-order valence-corrected chi connectivity index (χ0v) is 19.3. The Morgan fingerprint density at radius 3 is 2.21 bits per heavy atom. The highest BCUT2D eigenvalue weighted by molar-refractivity contribution is 14.0. The van der Waals surface area contributed by atoms with Crippen molar-refractivity contribution in [1.29, 1.82) is 0 Å². The van der Waals surface area contributed by atoms with Gasteiger partial charge in [0.25, 0.3) is 0 Å². The van der Waals surface area contributed by atoms with Crippen LogP contribution in [0.1, 0.15) is 25.0 Å². The molecule has 0 unspecified atom stereocenters. The quantitative estimate of drug-likeness (QED) is 0.341. The van der Waals surface area contributed by atoms with Gasteiger partial charge in [0, 0.05) is 25.6 Å². The van der Waals surface area contributed by atoms with Gasteiger partial charge in [-0.25, -0.2) is 4.39 Å². The van der Waals surface area contributed by atoms with Crippen molar-refractivity contribution in [3.05, 3.63) is 59.4 Å². The van der Waals surface area contributed by atoms with E-state index in [4.69, 9.17) is 9.47 Å². The maximum atomic E-state index is 13.1. The molecule has 0 fully saturated rings. The van der Waals surface area contributed by atoms with Crippen molar-refractivity contribution in [2.75, 3.05) is 27.8 Å².